The zero-order valence-electron chi connectivity index (χ0n) is 14.4. The van der Waals surface area contributed by atoms with Gasteiger partial charge in [-0.1, -0.05) is 26.0 Å². The van der Waals surface area contributed by atoms with Gasteiger partial charge in [0.05, 0.1) is 11.3 Å². The molecular formula is C18H24N2O4. The highest BCUT2D eigenvalue weighted by atomic mass is 16.5. The van der Waals surface area contributed by atoms with Gasteiger partial charge < -0.3 is 15.0 Å². The monoisotopic (exact) mass is 332 g/mol. The number of para-hydroxylation sites is 1. The van der Waals surface area contributed by atoms with Crippen LogP contribution in [0.2, 0.25) is 0 Å². The molecule has 1 aliphatic heterocycles. The molecule has 1 aromatic carbocycles. The first-order valence-corrected chi connectivity index (χ1v) is 8.26. The van der Waals surface area contributed by atoms with E-state index in [1.165, 1.54) is 0 Å². The van der Waals surface area contributed by atoms with Gasteiger partial charge in [-0.05, 0) is 31.4 Å². The molecule has 24 heavy (non-hydrogen) atoms. The van der Waals surface area contributed by atoms with E-state index >= 15 is 0 Å². The van der Waals surface area contributed by atoms with Gasteiger partial charge in [-0.25, -0.2) is 4.79 Å². The highest BCUT2D eigenvalue weighted by molar-refractivity contribution is 6.03. The van der Waals surface area contributed by atoms with Crippen LogP contribution in [0, 0.1) is 5.92 Å². The molecule has 6 heteroatoms. The van der Waals surface area contributed by atoms with Crippen LogP contribution in [0.15, 0.2) is 24.3 Å². The predicted molar refractivity (Wildman–Crippen MR) is 90.8 cm³/mol. The number of nitrogens with zero attached hydrogens (tertiary/aromatic N) is 1. The molecule has 130 valence electrons. The lowest BCUT2D eigenvalue weighted by Crippen LogP contribution is -2.38. The van der Waals surface area contributed by atoms with Gasteiger partial charge in [-0.3, -0.25) is 9.59 Å². The van der Waals surface area contributed by atoms with Gasteiger partial charge in [0.25, 0.3) is 5.91 Å². The molecule has 1 aliphatic rings. The number of esters is 1. The maximum absolute atomic E-state index is 12.3. The molecule has 1 fully saturated rings. The lowest BCUT2D eigenvalue weighted by Gasteiger charge is -2.19. The van der Waals surface area contributed by atoms with Crippen molar-refractivity contribution in [1.82, 2.24) is 5.32 Å². The molecule has 1 aromatic rings. The number of ether oxygens (including phenoxy) is 1. The van der Waals surface area contributed by atoms with E-state index in [1.54, 1.807) is 29.2 Å². The summed E-state index contributed by atoms with van der Waals surface area (Å²) in [6, 6.07) is 6.82. The fraction of sp³-hybridized carbons (Fsp3) is 0.500. The van der Waals surface area contributed by atoms with Crippen LogP contribution in [-0.4, -0.2) is 37.0 Å². The molecule has 0 spiro atoms. The molecule has 1 heterocycles. The standard InChI is InChI=1S/C18H24N2O4/c1-12(2)13(3)19-16(21)11-24-18(23)14-7-4-5-8-15(14)20-10-6-9-17(20)22/h4-5,7-8,12-13H,6,9-11H2,1-3H3,(H,19,21)/t13-/m1/s1. The summed E-state index contributed by atoms with van der Waals surface area (Å²) in [4.78, 5) is 37.7. The fourth-order valence-electron chi connectivity index (χ4n) is 2.46. The van der Waals surface area contributed by atoms with Crippen LogP contribution in [-0.2, 0) is 14.3 Å². The van der Waals surface area contributed by atoms with Crippen LogP contribution in [0.1, 0.15) is 44.0 Å². The first kappa shape index (κ1) is 18.0. The average Bonchev–Trinajstić information content (AvgIpc) is 2.98. The highest BCUT2D eigenvalue weighted by Crippen LogP contribution is 2.25. The molecule has 1 N–H and O–H groups in total. The summed E-state index contributed by atoms with van der Waals surface area (Å²) >= 11 is 0. The second-order valence-electron chi connectivity index (χ2n) is 6.34. The van der Waals surface area contributed by atoms with Crippen molar-refractivity contribution in [3.8, 4) is 0 Å². The van der Waals surface area contributed by atoms with Crippen LogP contribution >= 0.6 is 0 Å². The Hall–Kier alpha value is -2.37. The van der Waals surface area contributed by atoms with E-state index in [4.69, 9.17) is 4.74 Å². The van der Waals surface area contributed by atoms with E-state index in [2.05, 4.69) is 5.32 Å². The highest BCUT2D eigenvalue weighted by Gasteiger charge is 2.26. The Labute approximate surface area is 142 Å². The summed E-state index contributed by atoms with van der Waals surface area (Å²) in [5.41, 5.74) is 0.846. The third-order valence-electron chi connectivity index (χ3n) is 4.21. The van der Waals surface area contributed by atoms with Crippen LogP contribution in [0.3, 0.4) is 0 Å². The van der Waals surface area contributed by atoms with Gasteiger partial charge in [-0.2, -0.15) is 0 Å². The SMILES string of the molecule is CC(C)[C@@H](C)NC(=O)COC(=O)c1ccccc1N1CCCC1=O. The van der Waals surface area contributed by atoms with Crippen molar-refractivity contribution in [3.63, 3.8) is 0 Å². The number of carbonyl (C=O) groups excluding carboxylic acids is 3. The average molecular weight is 332 g/mol. The second kappa shape index (κ2) is 7.95. The second-order valence-corrected chi connectivity index (χ2v) is 6.34. The van der Waals surface area contributed by atoms with Crippen molar-refractivity contribution in [1.29, 1.82) is 0 Å². The van der Waals surface area contributed by atoms with Crippen LogP contribution in [0.4, 0.5) is 5.69 Å². The molecule has 1 atom stereocenters. The summed E-state index contributed by atoms with van der Waals surface area (Å²) in [6.07, 6.45) is 1.26. The Morgan fingerprint density at radius 2 is 1.96 bits per heavy atom. The Morgan fingerprint density at radius 3 is 2.58 bits per heavy atom. The van der Waals surface area contributed by atoms with Gasteiger partial charge in [0.1, 0.15) is 0 Å². The summed E-state index contributed by atoms with van der Waals surface area (Å²) in [6.45, 7) is 6.16. The number of hydrogen-bond donors (Lipinski definition) is 1. The maximum Gasteiger partial charge on any atom is 0.340 e. The molecule has 0 aromatic heterocycles. The fourth-order valence-corrected chi connectivity index (χ4v) is 2.46. The van der Waals surface area contributed by atoms with Crippen molar-refractivity contribution in [2.24, 2.45) is 5.92 Å². The third kappa shape index (κ3) is 4.34. The lowest BCUT2D eigenvalue weighted by atomic mass is 10.1. The van der Waals surface area contributed by atoms with E-state index in [1.807, 2.05) is 20.8 Å². The lowest BCUT2D eigenvalue weighted by molar-refractivity contribution is -0.125. The van der Waals surface area contributed by atoms with Crippen molar-refractivity contribution < 1.29 is 19.1 Å². The number of rotatable bonds is 6. The molecule has 2 rings (SSSR count). The molecule has 0 bridgehead atoms. The van der Waals surface area contributed by atoms with Crippen molar-refractivity contribution >= 4 is 23.5 Å². The Morgan fingerprint density at radius 1 is 1.25 bits per heavy atom. The minimum Gasteiger partial charge on any atom is -0.452 e. The zero-order chi connectivity index (χ0) is 17.7. The number of nitrogens with one attached hydrogen (secondary N) is 1. The number of hydrogen-bond acceptors (Lipinski definition) is 4. The summed E-state index contributed by atoms with van der Waals surface area (Å²) in [5, 5.41) is 2.78. The molecule has 0 radical (unpaired) electrons. The van der Waals surface area contributed by atoms with Gasteiger partial charge in [0.2, 0.25) is 5.91 Å². The summed E-state index contributed by atoms with van der Waals surface area (Å²) < 4.78 is 5.12. The minimum atomic E-state index is -0.599. The van der Waals surface area contributed by atoms with Gasteiger partial charge in [0.15, 0.2) is 6.61 Å². The van der Waals surface area contributed by atoms with Crippen molar-refractivity contribution in [3.05, 3.63) is 29.8 Å². The smallest absolute Gasteiger partial charge is 0.340 e. The summed E-state index contributed by atoms with van der Waals surface area (Å²) in [7, 11) is 0. The van der Waals surface area contributed by atoms with Crippen LogP contribution in [0.25, 0.3) is 0 Å². The number of amides is 2. The van der Waals surface area contributed by atoms with Crippen molar-refractivity contribution in [2.75, 3.05) is 18.1 Å². The van der Waals surface area contributed by atoms with E-state index in [0.717, 1.165) is 6.42 Å². The Balaban J connectivity index is 2.00. The van der Waals surface area contributed by atoms with Crippen molar-refractivity contribution in [2.45, 2.75) is 39.7 Å². The van der Waals surface area contributed by atoms with E-state index in [0.29, 0.717) is 30.1 Å². The molecular weight excluding hydrogens is 308 g/mol. The maximum atomic E-state index is 12.3. The molecule has 0 unspecified atom stereocenters. The van der Waals surface area contributed by atoms with E-state index in [-0.39, 0.29) is 24.5 Å². The first-order chi connectivity index (χ1) is 11.4. The van der Waals surface area contributed by atoms with E-state index < -0.39 is 5.97 Å². The topological polar surface area (TPSA) is 75.7 Å². The zero-order valence-corrected chi connectivity index (χ0v) is 14.4. The van der Waals surface area contributed by atoms with Crippen LogP contribution < -0.4 is 10.2 Å². The normalized spacial score (nSPS) is 15.5. The number of benzene rings is 1. The first-order valence-electron chi connectivity index (χ1n) is 8.26. The Bertz CT molecular complexity index is 627. The number of carbonyl (C=O) groups is 3. The number of anilines is 1. The quantitative estimate of drug-likeness (QED) is 0.810. The molecule has 1 saturated heterocycles. The van der Waals surface area contributed by atoms with Gasteiger partial charge in [-0.15, -0.1) is 0 Å². The predicted octanol–water partition coefficient (Wildman–Crippen LogP) is 2.13. The largest absolute Gasteiger partial charge is 0.452 e. The van der Waals surface area contributed by atoms with E-state index in [9.17, 15) is 14.4 Å². The molecule has 0 aliphatic carbocycles. The summed E-state index contributed by atoms with van der Waals surface area (Å²) in [5.74, 6) is -0.637. The molecule has 2 amide bonds. The molecule has 6 nitrogen and oxygen atoms in total. The van der Waals surface area contributed by atoms with Crippen LogP contribution in [0.5, 0.6) is 0 Å². The Kier molecular flexibility index (Phi) is 5.95. The third-order valence-corrected chi connectivity index (χ3v) is 4.21. The molecule has 0 saturated carbocycles. The van der Waals surface area contributed by atoms with Gasteiger partial charge >= 0.3 is 5.97 Å². The van der Waals surface area contributed by atoms with Gasteiger partial charge in [0, 0.05) is 19.0 Å². The minimum absolute atomic E-state index is 0.00116.